The van der Waals surface area contributed by atoms with Crippen LogP contribution in [0.2, 0.25) is 0 Å². The lowest BCUT2D eigenvalue weighted by atomic mass is 10.1. The van der Waals surface area contributed by atoms with E-state index in [1.807, 2.05) is 6.92 Å². The number of alkyl halides is 3. The predicted octanol–water partition coefficient (Wildman–Crippen LogP) is 4.77. The number of anilines is 1. The SMILES string of the molecule is CCc1noc(Cn2ncc(NC(=O)c3cc(C(F)(F)F)nc4ccc(Br)cc34)c2C)n1. The van der Waals surface area contributed by atoms with Crippen molar-refractivity contribution in [2.24, 2.45) is 0 Å². The van der Waals surface area contributed by atoms with Crippen molar-refractivity contribution < 1.29 is 22.5 Å². The normalized spacial score (nSPS) is 11.8. The van der Waals surface area contributed by atoms with E-state index in [0.717, 1.165) is 6.07 Å². The van der Waals surface area contributed by atoms with Gasteiger partial charge < -0.3 is 9.84 Å². The van der Waals surface area contributed by atoms with Gasteiger partial charge >= 0.3 is 6.18 Å². The van der Waals surface area contributed by atoms with E-state index >= 15 is 0 Å². The topological polar surface area (TPSA) is 98.7 Å². The molecule has 3 aromatic heterocycles. The first-order valence-corrected chi connectivity index (χ1v) is 10.3. The van der Waals surface area contributed by atoms with E-state index < -0.39 is 17.8 Å². The smallest absolute Gasteiger partial charge is 0.337 e. The van der Waals surface area contributed by atoms with Crippen molar-refractivity contribution in [3.05, 3.63) is 63.6 Å². The van der Waals surface area contributed by atoms with Gasteiger partial charge in [-0.15, -0.1) is 0 Å². The molecule has 3 heterocycles. The Morgan fingerprint density at radius 3 is 2.72 bits per heavy atom. The average molecular weight is 509 g/mol. The van der Waals surface area contributed by atoms with Crippen LogP contribution in [-0.4, -0.2) is 30.8 Å². The molecule has 0 radical (unpaired) electrons. The molecule has 0 fully saturated rings. The van der Waals surface area contributed by atoms with Crippen molar-refractivity contribution in [2.75, 3.05) is 5.32 Å². The van der Waals surface area contributed by atoms with Crippen LogP contribution in [0.15, 0.2) is 39.5 Å². The number of nitrogens with zero attached hydrogens (tertiary/aromatic N) is 5. The summed E-state index contributed by atoms with van der Waals surface area (Å²) < 4.78 is 47.3. The molecule has 1 N–H and O–H groups in total. The van der Waals surface area contributed by atoms with Gasteiger partial charge in [-0.2, -0.15) is 23.3 Å². The Morgan fingerprint density at radius 1 is 1.25 bits per heavy atom. The highest BCUT2D eigenvalue weighted by Gasteiger charge is 2.34. The summed E-state index contributed by atoms with van der Waals surface area (Å²) in [6, 6.07) is 5.28. The molecule has 0 saturated carbocycles. The van der Waals surface area contributed by atoms with E-state index in [0.29, 0.717) is 34.0 Å². The number of pyridine rings is 1. The van der Waals surface area contributed by atoms with E-state index in [2.05, 4.69) is 41.5 Å². The van der Waals surface area contributed by atoms with Gasteiger partial charge in [0.2, 0.25) is 5.89 Å². The molecule has 32 heavy (non-hydrogen) atoms. The number of nitrogens with one attached hydrogen (secondary N) is 1. The number of hydrogen-bond donors (Lipinski definition) is 1. The van der Waals surface area contributed by atoms with Crippen molar-refractivity contribution in [1.82, 2.24) is 24.9 Å². The number of hydrogen-bond acceptors (Lipinski definition) is 6. The number of rotatable bonds is 5. The lowest BCUT2D eigenvalue weighted by Crippen LogP contribution is -2.16. The Balaban J connectivity index is 1.65. The van der Waals surface area contributed by atoms with Crippen LogP contribution in [-0.2, 0) is 19.1 Å². The maximum absolute atomic E-state index is 13.3. The fourth-order valence-electron chi connectivity index (χ4n) is 3.08. The highest BCUT2D eigenvalue weighted by Crippen LogP contribution is 2.32. The van der Waals surface area contributed by atoms with Crippen molar-refractivity contribution in [1.29, 1.82) is 0 Å². The number of aryl methyl sites for hydroxylation is 1. The molecule has 1 aromatic carbocycles. The van der Waals surface area contributed by atoms with Crippen LogP contribution in [0.25, 0.3) is 10.9 Å². The van der Waals surface area contributed by atoms with Gasteiger partial charge in [0, 0.05) is 16.3 Å². The molecule has 1 amide bonds. The summed E-state index contributed by atoms with van der Waals surface area (Å²) in [5.74, 6) is 0.204. The summed E-state index contributed by atoms with van der Waals surface area (Å²) >= 11 is 3.28. The molecule has 0 unspecified atom stereocenters. The Bertz CT molecular complexity index is 1310. The fourth-order valence-corrected chi connectivity index (χ4v) is 3.44. The van der Waals surface area contributed by atoms with Gasteiger partial charge in [0.1, 0.15) is 12.2 Å². The average Bonchev–Trinajstić information content (AvgIpc) is 3.34. The molecule has 0 bridgehead atoms. The molecule has 0 atom stereocenters. The summed E-state index contributed by atoms with van der Waals surface area (Å²) in [6.45, 7) is 3.80. The highest BCUT2D eigenvalue weighted by atomic mass is 79.9. The number of amides is 1. The molecular weight excluding hydrogens is 493 g/mol. The molecule has 12 heteroatoms. The van der Waals surface area contributed by atoms with E-state index in [1.54, 1.807) is 23.7 Å². The van der Waals surface area contributed by atoms with Gasteiger partial charge in [-0.25, -0.2) is 4.98 Å². The molecule has 166 valence electrons. The van der Waals surface area contributed by atoms with Crippen molar-refractivity contribution in [3.63, 3.8) is 0 Å². The summed E-state index contributed by atoms with van der Waals surface area (Å²) in [4.78, 5) is 20.8. The maximum atomic E-state index is 13.3. The molecule has 0 aliphatic carbocycles. The van der Waals surface area contributed by atoms with Crippen LogP contribution in [0.1, 0.15) is 40.4 Å². The fraction of sp³-hybridized carbons (Fsp3) is 0.250. The van der Waals surface area contributed by atoms with Crippen LogP contribution < -0.4 is 5.32 Å². The van der Waals surface area contributed by atoms with Gasteiger partial charge in [-0.05, 0) is 31.2 Å². The number of benzene rings is 1. The summed E-state index contributed by atoms with van der Waals surface area (Å²) in [7, 11) is 0. The molecule has 4 rings (SSSR count). The monoisotopic (exact) mass is 508 g/mol. The third-order valence-corrected chi connectivity index (χ3v) is 5.26. The number of carbonyl (C=O) groups is 1. The first-order valence-electron chi connectivity index (χ1n) is 9.48. The Labute approximate surface area is 188 Å². The molecule has 0 saturated heterocycles. The Kier molecular flexibility index (Phi) is 5.71. The summed E-state index contributed by atoms with van der Waals surface area (Å²) in [5, 5.41) is 10.9. The lowest BCUT2D eigenvalue weighted by molar-refractivity contribution is -0.140. The second-order valence-corrected chi connectivity index (χ2v) is 7.84. The van der Waals surface area contributed by atoms with Gasteiger partial charge in [0.15, 0.2) is 5.82 Å². The predicted molar refractivity (Wildman–Crippen MR) is 112 cm³/mol. The second kappa shape index (κ2) is 8.34. The number of aromatic nitrogens is 5. The van der Waals surface area contributed by atoms with Crippen LogP contribution in [0, 0.1) is 6.92 Å². The van der Waals surface area contributed by atoms with Gasteiger partial charge in [0.25, 0.3) is 5.91 Å². The number of carbonyl (C=O) groups excluding carboxylic acids is 1. The van der Waals surface area contributed by atoms with Gasteiger partial charge in [-0.1, -0.05) is 28.0 Å². The first kappa shape index (κ1) is 21.9. The van der Waals surface area contributed by atoms with Crippen molar-refractivity contribution >= 4 is 38.4 Å². The summed E-state index contributed by atoms with van der Waals surface area (Å²) in [6.07, 6.45) is -2.66. The van der Waals surface area contributed by atoms with E-state index in [-0.39, 0.29) is 23.0 Å². The Morgan fingerprint density at radius 2 is 2.03 bits per heavy atom. The zero-order valence-corrected chi connectivity index (χ0v) is 18.5. The maximum Gasteiger partial charge on any atom is 0.433 e. The molecule has 0 spiro atoms. The lowest BCUT2D eigenvalue weighted by Gasteiger charge is -2.12. The van der Waals surface area contributed by atoms with Crippen LogP contribution in [0.4, 0.5) is 18.9 Å². The van der Waals surface area contributed by atoms with E-state index in [9.17, 15) is 18.0 Å². The van der Waals surface area contributed by atoms with Gasteiger partial charge in [-0.3, -0.25) is 9.48 Å². The van der Waals surface area contributed by atoms with Crippen LogP contribution in [0.3, 0.4) is 0 Å². The van der Waals surface area contributed by atoms with Crippen molar-refractivity contribution in [2.45, 2.75) is 33.0 Å². The minimum atomic E-state index is -4.70. The number of halogens is 4. The number of fused-ring (bicyclic) bond motifs is 1. The minimum absolute atomic E-state index is 0.0590. The third kappa shape index (κ3) is 4.35. The second-order valence-electron chi connectivity index (χ2n) is 6.93. The zero-order chi connectivity index (χ0) is 23.0. The molecule has 0 aliphatic heterocycles. The molecule has 4 aromatic rings. The van der Waals surface area contributed by atoms with Crippen LogP contribution >= 0.6 is 15.9 Å². The minimum Gasteiger partial charge on any atom is -0.337 e. The molecule has 0 aliphatic rings. The van der Waals surface area contributed by atoms with Gasteiger partial charge in [0.05, 0.1) is 28.7 Å². The standard InChI is InChI=1S/C20H16BrF3N6O2/c1-3-17-28-18(32-29-17)9-30-10(2)15(8-25-30)27-19(31)13-7-16(20(22,23)24)26-14-5-4-11(21)6-12(13)14/h4-8H,3,9H2,1-2H3,(H,27,31). The molecular formula is C20H16BrF3N6O2. The van der Waals surface area contributed by atoms with E-state index in [4.69, 9.17) is 4.52 Å². The first-order chi connectivity index (χ1) is 15.2. The van der Waals surface area contributed by atoms with E-state index in [1.165, 1.54) is 12.3 Å². The summed E-state index contributed by atoms with van der Waals surface area (Å²) in [5.41, 5.74) is -0.319. The largest absolute Gasteiger partial charge is 0.433 e. The molecule has 8 nitrogen and oxygen atoms in total. The zero-order valence-electron chi connectivity index (χ0n) is 16.9. The van der Waals surface area contributed by atoms with Crippen LogP contribution in [0.5, 0.6) is 0 Å². The Hall–Kier alpha value is -3.28. The highest BCUT2D eigenvalue weighted by molar-refractivity contribution is 9.10. The quantitative estimate of drug-likeness (QED) is 0.417. The van der Waals surface area contributed by atoms with Crippen molar-refractivity contribution in [3.8, 4) is 0 Å². The third-order valence-electron chi connectivity index (χ3n) is 4.77.